The van der Waals surface area contributed by atoms with Crippen LogP contribution in [0.1, 0.15) is 49.2 Å². The van der Waals surface area contributed by atoms with Crippen LogP contribution in [-0.2, 0) is 9.47 Å². The van der Waals surface area contributed by atoms with Crippen molar-refractivity contribution in [2.75, 3.05) is 21.3 Å². The van der Waals surface area contributed by atoms with Crippen LogP contribution in [-0.4, -0.2) is 26.4 Å². The van der Waals surface area contributed by atoms with E-state index < -0.39 is 12.4 Å². The topological polar surface area (TPSA) is 47.9 Å². The van der Waals surface area contributed by atoms with Crippen LogP contribution >= 0.6 is 0 Å². The third-order valence-corrected chi connectivity index (χ3v) is 3.47. The third-order valence-electron chi connectivity index (χ3n) is 3.47. The molecule has 0 fully saturated rings. The standard InChI is InChI=1S/C17H26O4/c1-5-6-7-8-9-16(18)14-11-10-13(19-2)12-15(14)17(20-3)21-4/h5,10-12,16-18H,1,6-9H2,2-4H3. The number of rotatable bonds is 10. The summed E-state index contributed by atoms with van der Waals surface area (Å²) in [5, 5.41) is 10.4. The Morgan fingerprint density at radius 1 is 1.14 bits per heavy atom. The first-order valence-corrected chi connectivity index (χ1v) is 7.20. The number of aliphatic hydroxyl groups is 1. The largest absolute Gasteiger partial charge is 0.497 e. The summed E-state index contributed by atoms with van der Waals surface area (Å²) in [5.74, 6) is 0.715. The molecule has 0 saturated heterocycles. The molecular weight excluding hydrogens is 268 g/mol. The number of ether oxygens (including phenoxy) is 3. The average molecular weight is 294 g/mol. The molecule has 1 unspecified atom stereocenters. The Morgan fingerprint density at radius 2 is 1.86 bits per heavy atom. The Hall–Kier alpha value is -1.36. The highest BCUT2D eigenvalue weighted by Gasteiger charge is 2.20. The van der Waals surface area contributed by atoms with E-state index in [4.69, 9.17) is 14.2 Å². The molecule has 0 aliphatic heterocycles. The van der Waals surface area contributed by atoms with Crippen LogP contribution in [0.4, 0.5) is 0 Å². The highest BCUT2D eigenvalue weighted by atomic mass is 16.7. The molecule has 0 amide bonds. The van der Waals surface area contributed by atoms with Gasteiger partial charge in [0.05, 0.1) is 13.2 Å². The summed E-state index contributed by atoms with van der Waals surface area (Å²) in [6, 6.07) is 5.56. The van der Waals surface area contributed by atoms with Gasteiger partial charge in [0.1, 0.15) is 5.75 Å². The van der Waals surface area contributed by atoms with E-state index in [2.05, 4.69) is 6.58 Å². The lowest BCUT2D eigenvalue weighted by Gasteiger charge is -2.21. The number of unbranched alkanes of at least 4 members (excludes halogenated alkanes) is 2. The number of hydrogen-bond donors (Lipinski definition) is 1. The van der Waals surface area contributed by atoms with Gasteiger partial charge in [-0.05, 0) is 37.0 Å². The highest BCUT2D eigenvalue weighted by molar-refractivity contribution is 5.38. The van der Waals surface area contributed by atoms with Crippen LogP contribution in [0.3, 0.4) is 0 Å². The van der Waals surface area contributed by atoms with Gasteiger partial charge in [-0.1, -0.05) is 18.6 Å². The lowest BCUT2D eigenvalue weighted by atomic mass is 9.97. The summed E-state index contributed by atoms with van der Waals surface area (Å²) in [7, 11) is 4.76. The second-order valence-electron chi connectivity index (χ2n) is 4.89. The molecule has 1 rings (SSSR count). The number of benzene rings is 1. The maximum atomic E-state index is 10.4. The van der Waals surface area contributed by atoms with Crippen LogP contribution in [0, 0.1) is 0 Å². The molecule has 4 nitrogen and oxygen atoms in total. The minimum Gasteiger partial charge on any atom is -0.497 e. The zero-order chi connectivity index (χ0) is 15.7. The van der Waals surface area contributed by atoms with Crippen molar-refractivity contribution in [1.29, 1.82) is 0 Å². The Morgan fingerprint density at radius 3 is 2.43 bits per heavy atom. The van der Waals surface area contributed by atoms with Crippen LogP contribution in [0.5, 0.6) is 5.75 Å². The Labute approximate surface area is 127 Å². The Balaban J connectivity index is 2.90. The van der Waals surface area contributed by atoms with E-state index in [1.54, 1.807) is 21.3 Å². The molecule has 0 heterocycles. The van der Waals surface area contributed by atoms with Gasteiger partial charge in [0, 0.05) is 19.8 Å². The van der Waals surface area contributed by atoms with E-state index in [-0.39, 0.29) is 0 Å². The van der Waals surface area contributed by atoms with Crippen molar-refractivity contribution in [3.05, 3.63) is 42.0 Å². The van der Waals surface area contributed by atoms with Gasteiger partial charge >= 0.3 is 0 Å². The molecule has 0 bridgehead atoms. The molecule has 0 spiro atoms. The predicted molar refractivity (Wildman–Crippen MR) is 83.4 cm³/mol. The minimum absolute atomic E-state index is 0.516. The SMILES string of the molecule is C=CCCCCC(O)c1ccc(OC)cc1C(OC)OC. The van der Waals surface area contributed by atoms with Gasteiger partial charge in [0.15, 0.2) is 6.29 Å². The van der Waals surface area contributed by atoms with Gasteiger partial charge in [-0.2, -0.15) is 0 Å². The van der Waals surface area contributed by atoms with E-state index in [1.165, 1.54) is 0 Å². The molecule has 118 valence electrons. The number of hydrogen-bond acceptors (Lipinski definition) is 4. The molecule has 0 aliphatic carbocycles. The maximum absolute atomic E-state index is 10.4. The van der Waals surface area contributed by atoms with Crippen molar-refractivity contribution < 1.29 is 19.3 Å². The van der Waals surface area contributed by atoms with Crippen molar-refractivity contribution in [3.63, 3.8) is 0 Å². The zero-order valence-electron chi connectivity index (χ0n) is 13.2. The highest BCUT2D eigenvalue weighted by Crippen LogP contribution is 2.32. The van der Waals surface area contributed by atoms with Crippen LogP contribution in [0.15, 0.2) is 30.9 Å². The number of methoxy groups -OCH3 is 3. The van der Waals surface area contributed by atoms with Gasteiger partial charge < -0.3 is 19.3 Å². The summed E-state index contributed by atoms with van der Waals surface area (Å²) in [5.41, 5.74) is 1.62. The molecule has 1 atom stereocenters. The summed E-state index contributed by atoms with van der Waals surface area (Å²) in [6.45, 7) is 3.70. The van der Waals surface area contributed by atoms with E-state index >= 15 is 0 Å². The molecule has 0 aromatic heterocycles. The first kappa shape index (κ1) is 17.7. The molecule has 21 heavy (non-hydrogen) atoms. The first-order valence-electron chi connectivity index (χ1n) is 7.20. The zero-order valence-corrected chi connectivity index (χ0v) is 13.2. The molecule has 1 N–H and O–H groups in total. The fourth-order valence-corrected chi connectivity index (χ4v) is 2.32. The minimum atomic E-state index is -0.538. The molecule has 4 heteroatoms. The lowest BCUT2D eigenvalue weighted by Crippen LogP contribution is -2.10. The molecule has 1 aromatic rings. The Bertz CT molecular complexity index is 427. The summed E-state index contributed by atoms with van der Waals surface area (Å²) < 4.78 is 15.9. The van der Waals surface area contributed by atoms with Crippen LogP contribution < -0.4 is 4.74 Å². The molecule has 0 saturated carbocycles. The molecule has 0 radical (unpaired) electrons. The number of allylic oxidation sites excluding steroid dienone is 1. The van der Waals surface area contributed by atoms with E-state index in [1.807, 2.05) is 24.3 Å². The van der Waals surface area contributed by atoms with Gasteiger partial charge in [-0.25, -0.2) is 0 Å². The van der Waals surface area contributed by atoms with E-state index in [0.717, 1.165) is 30.4 Å². The van der Waals surface area contributed by atoms with Gasteiger partial charge in [0.2, 0.25) is 0 Å². The summed E-state index contributed by atoms with van der Waals surface area (Å²) in [6.07, 6.45) is 4.50. The fourth-order valence-electron chi connectivity index (χ4n) is 2.32. The van der Waals surface area contributed by atoms with Crippen molar-refractivity contribution in [2.24, 2.45) is 0 Å². The summed E-state index contributed by atoms with van der Waals surface area (Å²) >= 11 is 0. The molecular formula is C17H26O4. The third kappa shape index (κ3) is 5.16. The van der Waals surface area contributed by atoms with Gasteiger partial charge in [0.25, 0.3) is 0 Å². The fraction of sp³-hybridized carbons (Fsp3) is 0.529. The summed E-state index contributed by atoms with van der Waals surface area (Å²) in [4.78, 5) is 0. The average Bonchev–Trinajstić information content (AvgIpc) is 2.52. The Kier molecular flexibility index (Phi) is 8.05. The monoisotopic (exact) mass is 294 g/mol. The van der Waals surface area contributed by atoms with Crippen LogP contribution in [0.25, 0.3) is 0 Å². The molecule has 1 aromatic carbocycles. The normalized spacial score (nSPS) is 12.4. The predicted octanol–water partition coefficient (Wildman–Crippen LogP) is 3.77. The van der Waals surface area contributed by atoms with Crippen LogP contribution in [0.2, 0.25) is 0 Å². The second kappa shape index (κ2) is 9.55. The number of aliphatic hydroxyl groups excluding tert-OH is 1. The van der Waals surface area contributed by atoms with E-state index in [0.29, 0.717) is 12.2 Å². The maximum Gasteiger partial charge on any atom is 0.183 e. The van der Waals surface area contributed by atoms with Crippen molar-refractivity contribution in [2.45, 2.75) is 38.1 Å². The quantitative estimate of drug-likeness (QED) is 0.405. The lowest BCUT2D eigenvalue weighted by molar-refractivity contribution is -0.107. The van der Waals surface area contributed by atoms with E-state index in [9.17, 15) is 5.11 Å². The van der Waals surface area contributed by atoms with Crippen molar-refractivity contribution in [1.82, 2.24) is 0 Å². The smallest absolute Gasteiger partial charge is 0.183 e. The van der Waals surface area contributed by atoms with Crippen molar-refractivity contribution >= 4 is 0 Å². The second-order valence-corrected chi connectivity index (χ2v) is 4.89. The van der Waals surface area contributed by atoms with Crippen molar-refractivity contribution in [3.8, 4) is 5.75 Å². The first-order chi connectivity index (χ1) is 10.2. The van der Waals surface area contributed by atoms with Gasteiger partial charge in [-0.15, -0.1) is 6.58 Å². The molecule has 0 aliphatic rings. The van der Waals surface area contributed by atoms with Gasteiger partial charge in [-0.3, -0.25) is 0 Å².